The summed E-state index contributed by atoms with van der Waals surface area (Å²) in [5.74, 6) is 0. The van der Waals surface area contributed by atoms with E-state index < -0.39 is 0 Å². The fraction of sp³-hybridized carbons (Fsp3) is 0.333. The molecule has 70 valence electrons. The van der Waals surface area contributed by atoms with Crippen LogP contribution in [0.15, 0.2) is 36.9 Å². The Kier molecular flexibility index (Phi) is 4.27. The van der Waals surface area contributed by atoms with Crippen LogP contribution in [0, 0.1) is 0 Å². The van der Waals surface area contributed by atoms with Crippen molar-refractivity contribution in [1.29, 1.82) is 0 Å². The van der Waals surface area contributed by atoms with Crippen molar-refractivity contribution < 1.29 is 4.74 Å². The molecular weight excluding hydrogens is 160 g/mol. The highest BCUT2D eigenvalue weighted by atomic mass is 16.5. The predicted octanol–water partition coefficient (Wildman–Crippen LogP) is 2.95. The van der Waals surface area contributed by atoms with Crippen LogP contribution in [0.1, 0.15) is 18.1 Å². The van der Waals surface area contributed by atoms with Crippen LogP contribution in [-0.2, 0) is 17.8 Å². The Morgan fingerprint density at radius 3 is 2.62 bits per heavy atom. The van der Waals surface area contributed by atoms with Crippen molar-refractivity contribution in [3.05, 3.63) is 48.0 Å². The van der Waals surface area contributed by atoms with E-state index in [9.17, 15) is 0 Å². The summed E-state index contributed by atoms with van der Waals surface area (Å²) in [6, 6.07) is 8.37. The molecular formula is C12H16O. The van der Waals surface area contributed by atoms with Crippen molar-refractivity contribution in [3.63, 3.8) is 0 Å². The maximum atomic E-state index is 5.39. The van der Waals surface area contributed by atoms with Gasteiger partial charge in [-0.05, 0) is 17.5 Å². The average Bonchev–Trinajstić information content (AvgIpc) is 2.19. The highest BCUT2D eigenvalue weighted by Crippen LogP contribution is 2.10. The lowest BCUT2D eigenvalue weighted by atomic mass is 10.1. The van der Waals surface area contributed by atoms with Crippen LogP contribution in [0.3, 0.4) is 0 Å². The summed E-state index contributed by atoms with van der Waals surface area (Å²) in [5.41, 5.74) is 2.65. The smallest absolute Gasteiger partial charge is 0.0723 e. The molecule has 0 N–H and O–H groups in total. The van der Waals surface area contributed by atoms with Crippen LogP contribution < -0.4 is 0 Å². The number of aryl methyl sites for hydroxylation is 1. The standard InChI is InChI=1S/C12H16O/c1-3-9-13-10-12-8-6-5-7-11(12)4-2/h3,5-8H,1,4,9-10H2,2H3. The Bertz CT molecular complexity index is 266. The van der Waals surface area contributed by atoms with Gasteiger partial charge < -0.3 is 4.74 Å². The summed E-state index contributed by atoms with van der Waals surface area (Å²) in [7, 11) is 0. The molecule has 0 radical (unpaired) electrons. The molecule has 0 bridgehead atoms. The quantitative estimate of drug-likeness (QED) is 0.495. The zero-order valence-corrected chi connectivity index (χ0v) is 8.12. The number of benzene rings is 1. The first kappa shape index (κ1) is 10.0. The van der Waals surface area contributed by atoms with Gasteiger partial charge in [-0.2, -0.15) is 0 Å². The van der Waals surface area contributed by atoms with Gasteiger partial charge in [-0.15, -0.1) is 6.58 Å². The van der Waals surface area contributed by atoms with E-state index >= 15 is 0 Å². The molecule has 1 rings (SSSR count). The molecule has 0 saturated heterocycles. The maximum absolute atomic E-state index is 5.39. The lowest BCUT2D eigenvalue weighted by Crippen LogP contribution is -1.96. The van der Waals surface area contributed by atoms with Crippen molar-refractivity contribution in [2.24, 2.45) is 0 Å². The van der Waals surface area contributed by atoms with Crippen molar-refractivity contribution in [2.75, 3.05) is 6.61 Å². The topological polar surface area (TPSA) is 9.23 Å². The van der Waals surface area contributed by atoms with Gasteiger partial charge in [0, 0.05) is 0 Å². The minimum atomic E-state index is 0.623. The fourth-order valence-corrected chi connectivity index (χ4v) is 1.30. The third kappa shape index (κ3) is 3.03. The van der Waals surface area contributed by atoms with E-state index in [0.29, 0.717) is 13.2 Å². The summed E-state index contributed by atoms with van der Waals surface area (Å²) >= 11 is 0. The van der Waals surface area contributed by atoms with Gasteiger partial charge in [-0.25, -0.2) is 0 Å². The molecule has 0 amide bonds. The summed E-state index contributed by atoms with van der Waals surface area (Å²) in [6.45, 7) is 7.08. The second kappa shape index (κ2) is 5.55. The van der Waals surface area contributed by atoms with Crippen molar-refractivity contribution in [2.45, 2.75) is 20.0 Å². The molecule has 1 heteroatoms. The van der Waals surface area contributed by atoms with Gasteiger partial charge in [0.25, 0.3) is 0 Å². The molecule has 0 aromatic heterocycles. The van der Waals surface area contributed by atoms with Crippen molar-refractivity contribution in [1.82, 2.24) is 0 Å². The van der Waals surface area contributed by atoms with Crippen LogP contribution in [0.25, 0.3) is 0 Å². The zero-order chi connectivity index (χ0) is 9.52. The first-order valence-electron chi connectivity index (χ1n) is 4.64. The largest absolute Gasteiger partial charge is 0.373 e. The minimum absolute atomic E-state index is 0.623. The van der Waals surface area contributed by atoms with Crippen molar-refractivity contribution >= 4 is 0 Å². The molecule has 1 aromatic carbocycles. The summed E-state index contributed by atoms with van der Waals surface area (Å²) < 4.78 is 5.39. The number of rotatable bonds is 5. The molecule has 0 atom stereocenters. The molecule has 0 fully saturated rings. The van der Waals surface area contributed by atoms with E-state index in [0.717, 1.165) is 6.42 Å². The van der Waals surface area contributed by atoms with E-state index in [1.165, 1.54) is 11.1 Å². The Labute approximate surface area is 80.0 Å². The van der Waals surface area contributed by atoms with E-state index in [1.807, 2.05) is 6.07 Å². The minimum Gasteiger partial charge on any atom is -0.373 e. The molecule has 1 aromatic rings. The predicted molar refractivity (Wildman–Crippen MR) is 55.7 cm³/mol. The highest BCUT2D eigenvalue weighted by Gasteiger charge is 1.97. The molecule has 0 aliphatic heterocycles. The van der Waals surface area contributed by atoms with E-state index in [2.05, 4.69) is 31.7 Å². The first-order valence-corrected chi connectivity index (χ1v) is 4.64. The van der Waals surface area contributed by atoms with Crippen LogP contribution in [-0.4, -0.2) is 6.61 Å². The number of hydrogen-bond donors (Lipinski definition) is 0. The van der Waals surface area contributed by atoms with Gasteiger partial charge >= 0.3 is 0 Å². The lowest BCUT2D eigenvalue weighted by Gasteiger charge is -2.06. The van der Waals surface area contributed by atoms with E-state index in [-0.39, 0.29) is 0 Å². The Morgan fingerprint density at radius 2 is 2.00 bits per heavy atom. The molecule has 0 spiro atoms. The normalized spacial score (nSPS) is 9.92. The second-order valence-corrected chi connectivity index (χ2v) is 2.93. The SMILES string of the molecule is C=CCOCc1ccccc1CC. The third-order valence-corrected chi connectivity index (χ3v) is 1.99. The molecule has 0 saturated carbocycles. The molecule has 0 aliphatic carbocycles. The molecule has 13 heavy (non-hydrogen) atoms. The summed E-state index contributed by atoms with van der Waals surface area (Å²) in [4.78, 5) is 0. The monoisotopic (exact) mass is 176 g/mol. The van der Waals surface area contributed by atoms with Gasteiger partial charge in [0.15, 0.2) is 0 Å². The summed E-state index contributed by atoms with van der Waals surface area (Å²) in [6.07, 6.45) is 2.84. The molecule has 0 aliphatic rings. The van der Waals surface area contributed by atoms with Gasteiger partial charge in [-0.1, -0.05) is 37.3 Å². The maximum Gasteiger partial charge on any atom is 0.0723 e. The van der Waals surface area contributed by atoms with Gasteiger partial charge in [0.1, 0.15) is 0 Å². The molecule has 0 heterocycles. The zero-order valence-electron chi connectivity index (χ0n) is 8.12. The lowest BCUT2D eigenvalue weighted by molar-refractivity contribution is 0.148. The van der Waals surface area contributed by atoms with E-state index in [4.69, 9.17) is 4.74 Å². The average molecular weight is 176 g/mol. The number of ether oxygens (including phenoxy) is 1. The first-order chi connectivity index (χ1) is 6.38. The fourth-order valence-electron chi connectivity index (χ4n) is 1.30. The molecule has 1 nitrogen and oxygen atoms in total. The Morgan fingerprint density at radius 1 is 1.31 bits per heavy atom. The van der Waals surface area contributed by atoms with Crippen molar-refractivity contribution in [3.8, 4) is 0 Å². The van der Waals surface area contributed by atoms with Crippen LogP contribution >= 0.6 is 0 Å². The number of hydrogen-bond acceptors (Lipinski definition) is 1. The third-order valence-electron chi connectivity index (χ3n) is 1.99. The van der Waals surface area contributed by atoms with Gasteiger partial charge in [0.2, 0.25) is 0 Å². The second-order valence-electron chi connectivity index (χ2n) is 2.93. The molecule has 0 unspecified atom stereocenters. The Balaban J connectivity index is 2.58. The van der Waals surface area contributed by atoms with Crippen LogP contribution in [0.2, 0.25) is 0 Å². The van der Waals surface area contributed by atoms with Crippen LogP contribution in [0.5, 0.6) is 0 Å². The summed E-state index contributed by atoms with van der Waals surface area (Å²) in [5, 5.41) is 0. The van der Waals surface area contributed by atoms with Gasteiger partial charge in [-0.3, -0.25) is 0 Å². The highest BCUT2D eigenvalue weighted by molar-refractivity contribution is 5.26. The Hall–Kier alpha value is -1.08. The van der Waals surface area contributed by atoms with E-state index in [1.54, 1.807) is 6.08 Å². The van der Waals surface area contributed by atoms with Gasteiger partial charge in [0.05, 0.1) is 13.2 Å². The van der Waals surface area contributed by atoms with Crippen LogP contribution in [0.4, 0.5) is 0 Å².